The van der Waals surface area contributed by atoms with Gasteiger partial charge in [-0.2, -0.15) is 0 Å². The number of aromatic nitrogens is 1. The lowest BCUT2D eigenvalue weighted by Gasteiger charge is -2.50. The molecule has 5 nitrogen and oxygen atoms in total. The zero-order valence-corrected chi connectivity index (χ0v) is 13.9. The summed E-state index contributed by atoms with van der Waals surface area (Å²) in [6.45, 7) is 3.36. The smallest absolute Gasteiger partial charge is 0.222 e. The summed E-state index contributed by atoms with van der Waals surface area (Å²) in [6.07, 6.45) is 7.37. The third-order valence-electron chi connectivity index (χ3n) is 5.41. The number of rotatable bonds is 3. The second kappa shape index (κ2) is 6.97. The van der Waals surface area contributed by atoms with Crippen LogP contribution in [0, 0.1) is 5.41 Å². The van der Waals surface area contributed by atoms with E-state index in [1.54, 1.807) is 12.4 Å². The Morgan fingerprint density at radius 3 is 2.91 bits per heavy atom. The van der Waals surface area contributed by atoms with Crippen molar-refractivity contribution in [3.05, 3.63) is 30.1 Å². The van der Waals surface area contributed by atoms with Crippen LogP contribution < -0.4 is 0 Å². The number of amides is 1. The Morgan fingerprint density at radius 1 is 1.35 bits per heavy atom. The topological polar surface area (TPSA) is 56.7 Å². The Kier molecular flexibility index (Phi) is 4.97. The van der Waals surface area contributed by atoms with Crippen LogP contribution in [0.5, 0.6) is 0 Å². The average molecular weight is 317 g/mol. The first kappa shape index (κ1) is 16.4. The molecule has 0 radical (unpaired) electrons. The number of aliphatic hydroxyl groups is 1. The van der Waals surface area contributed by atoms with Crippen LogP contribution in [0.25, 0.3) is 0 Å². The molecule has 5 heteroatoms. The van der Waals surface area contributed by atoms with Crippen LogP contribution in [0.1, 0.15) is 31.2 Å². The molecule has 3 heterocycles. The standard InChI is InChI=1S/C18H27N3O2/c1-20-12-7-16(22)18(13-20)8-2-11-21(14-18)17(23)4-3-15-5-9-19-10-6-15/h5-6,9-10,16,22H,2-4,7-8,11-14H2,1H3/t16-,18-/m0/s1. The van der Waals surface area contributed by atoms with E-state index in [9.17, 15) is 9.90 Å². The van der Waals surface area contributed by atoms with Crippen LogP contribution in [0.15, 0.2) is 24.5 Å². The lowest BCUT2D eigenvalue weighted by Crippen LogP contribution is -2.59. The first-order valence-electron chi connectivity index (χ1n) is 8.62. The zero-order valence-electron chi connectivity index (χ0n) is 13.9. The minimum atomic E-state index is -0.283. The maximum absolute atomic E-state index is 12.6. The van der Waals surface area contributed by atoms with Gasteiger partial charge in [0.05, 0.1) is 6.10 Å². The summed E-state index contributed by atoms with van der Waals surface area (Å²) in [7, 11) is 2.11. The minimum absolute atomic E-state index is 0.127. The third-order valence-corrected chi connectivity index (χ3v) is 5.41. The molecule has 0 unspecified atom stereocenters. The summed E-state index contributed by atoms with van der Waals surface area (Å²) in [5.74, 6) is 0.210. The van der Waals surface area contributed by atoms with Gasteiger partial charge in [0.15, 0.2) is 0 Å². The van der Waals surface area contributed by atoms with Gasteiger partial charge >= 0.3 is 0 Å². The minimum Gasteiger partial charge on any atom is -0.392 e. The number of pyridine rings is 1. The normalized spacial score (nSPS) is 29.0. The highest BCUT2D eigenvalue weighted by Crippen LogP contribution is 2.38. The van der Waals surface area contributed by atoms with E-state index in [1.807, 2.05) is 17.0 Å². The van der Waals surface area contributed by atoms with Gasteiger partial charge in [-0.25, -0.2) is 0 Å². The van der Waals surface area contributed by atoms with Gasteiger partial charge in [-0.15, -0.1) is 0 Å². The van der Waals surface area contributed by atoms with Crippen LogP contribution in [0.2, 0.25) is 0 Å². The molecule has 0 bridgehead atoms. The van der Waals surface area contributed by atoms with Crippen LogP contribution in [-0.4, -0.2) is 65.1 Å². The second-order valence-electron chi connectivity index (χ2n) is 7.18. The lowest BCUT2D eigenvalue weighted by atomic mass is 9.71. The van der Waals surface area contributed by atoms with Crippen molar-refractivity contribution < 1.29 is 9.90 Å². The van der Waals surface area contributed by atoms with Crippen molar-refractivity contribution in [2.24, 2.45) is 5.41 Å². The van der Waals surface area contributed by atoms with Crippen LogP contribution >= 0.6 is 0 Å². The second-order valence-corrected chi connectivity index (χ2v) is 7.18. The largest absolute Gasteiger partial charge is 0.392 e. The van der Waals surface area contributed by atoms with E-state index in [1.165, 1.54) is 0 Å². The number of nitrogens with zero attached hydrogens (tertiary/aromatic N) is 3. The summed E-state index contributed by atoms with van der Waals surface area (Å²) in [6, 6.07) is 3.93. The molecule has 2 saturated heterocycles. The number of aryl methyl sites for hydroxylation is 1. The molecule has 1 aromatic heterocycles. The molecule has 0 aliphatic carbocycles. The first-order valence-corrected chi connectivity index (χ1v) is 8.62. The maximum atomic E-state index is 12.6. The molecular formula is C18H27N3O2. The fourth-order valence-corrected chi connectivity index (χ4v) is 4.10. The number of hydrogen-bond acceptors (Lipinski definition) is 4. The first-order chi connectivity index (χ1) is 11.1. The number of carbonyl (C=O) groups is 1. The molecule has 1 aromatic rings. The monoisotopic (exact) mass is 317 g/mol. The van der Waals surface area contributed by atoms with Gasteiger partial charge in [-0.1, -0.05) is 0 Å². The fraction of sp³-hybridized carbons (Fsp3) is 0.667. The van der Waals surface area contributed by atoms with E-state index in [0.717, 1.165) is 50.9 Å². The van der Waals surface area contributed by atoms with Crippen molar-refractivity contribution in [2.75, 3.05) is 33.2 Å². The summed E-state index contributed by atoms with van der Waals surface area (Å²) >= 11 is 0. The molecule has 2 atom stereocenters. The molecule has 2 aliphatic heterocycles. The van der Waals surface area contributed by atoms with Gasteiger partial charge in [0, 0.05) is 50.4 Å². The van der Waals surface area contributed by atoms with Gasteiger partial charge in [-0.3, -0.25) is 9.78 Å². The molecule has 126 valence electrons. The summed E-state index contributed by atoms with van der Waals surface area (Å²) in [5.41, 5.74) is 1.02. The number of aliphatic hydroxyl groups excluding tert-OH is 1. The predicted octanol–water partition coefficient (Wildman–Crippen LogP) is 1.32. The van der Waals surface area contributed by atoms with Crippen molar-refractivity contribution in [3.8, 4) is 0 Å². The highest BCUT2D eigenvalue weighted by Gasteiger charge is 2.45. The molecule has 0 aromatic carbocycles. The van der Waals surface area contributed by atoms with E-state index in [4.69, 9.17) is 0 Å². The Labute approximate surface area is 138 Å². The highest BCUT2D eigenvalue weighted by molar-refractivity contribution is 5.76. The Balaban J connectivity index is 1.60. The van der Waals surface area contributed by atoms with E-state index < -0.39 is 0 Å². The predicted molar refractivity (Wildman–Crippen MR) is 88.9 cm³/mol. The number of hydrogen-bond donors (Lipinski definition) is 1. The Morgan fingerprint density at radius 2 is 2.13 bits per heavy atom. The van der Waals surface area contributed by atoms with Crippen molar-refractivity contribution in [1.82, 2.24) is 14.8 Å². The molecule has 2 aliphatic rings. The molecule has 1 spiro atoms. The van der Waals surface area contributed by atoms with E-state index >= 15 is 0 Å². The summed E-state index contributed by atoms with van der Waals surface area (Å²) in [5, 5.41) is 10.5. The van der Waals surface area contributed by atoms with Gasteiger partial charge in [0.2, 0.25) is 5.91 Å². The number of carbonyl (C=O) groups excluding carboxylic acids is 1. The van der Waals surface area contributed by atoms with Gasteiger partial charge < -0.3 is 14.9 Å². The van der Waals surface area contributed by atoms with Gasteiger partial charge in [0.1, 0.15) is 0 Å². The van der Waals surface area contributed by atoms with Gasteiger partial charge in [0.25, 0.3) is 0 Å². The van der Waals surface area contributed by atoms with Crippen molar-refractivity contribution in [3.63, 3.8) is 0 Å². The summed E-state index contributed by atoms with van der Waals surface area (Å²) in [4.78, 5) is 20.9. The van der Waals surface area contributed by atoms with E-state index in [2.05, 4.69) is 16.9 Å². The van der Waals surface area contributed by atoms with Gasteiger partial charge in [-0.05, 0) is 50.4 Å². The van der Waals surface area contributed by atoms with Crippen molar-refractivity contribution >= 4 is 5.91 Å². The molecule has 3 rings (SSSR count). The number of piperidine rings is 2. The molecule has 23 heavy (non-hydrogen) atoms. The third kappa shape index (κ3) is 3.72. The Hall–Kier alpha value is -1.46. The molecule has 2 fully saturated rings. The highest BCUT2D eigenvalue weighted by atomic mass is 16.3. The zero-order chi connectivity index (χ0) is 16.3. The van der Waals surface area contributed by atoms with Crippen LogP contribution in [0.3, 0.4) is 0 Å². The van der Waals surface area contributed by atoms with Crippen molar-refractivity contribution in [1.29, 1.82) is 0 Å². The lowest BCUT2D eigenvalue weighted by molar-refractivity contribution is -0.140. The Bertz CT molecular complexity index is 536. The maximum Gasteiger partial charge on any atom is 0.222 e. The van der Waals surface area contributed by atoms with Crippen LogP contribution in [0.4, 0.5) is 0 Å². The number of likely N-dealkylation sites (tertiary alicyclic amines) is 2. The fourth-order valence-electron chi connectivity index (χ4n) is 4.10. The van der Waals surface area contributed by atoms with Crippen molar-refractivity contribution in [2.45, 2.75) is 38.2 Å². The SMILES string of the molecule is CN1CC[C@H](O)[C@@]2(CCCN(C(=O)CCc3ccncc3)C2)C1. The molecule has 1 amide bonds. The van der Waals surface area contributed by atoms with E-state index in [-0.39, 0.29) is 17.4 Å². The molecular weight excluding hydrogens is 290 g/mol. The summed E-state index contributed by atoms with van der Waals surface area (Å²) < 4.78 is 0. The molecule has 1 N–H and O–H groups in total. The van der Waals surface area contributed by atoms with E-state index in [0.29, 0.717) is 13.0 Å². The van der Waals surface area contributed by atoms with Crippen LogP contribution in [-0.2, 0) is 11.2 Å². The quantitative estimate of drug-likeness (QED) is 0.913. The molecule has 0 saturated carbocycles. The average Bonchev–Trinajstić information content (AvgIpc) is 2.57.